The maximum Gasteiger partial charge on any atom is 0.326 e. The highest BCUT2D eigenvalue weighted by Crippen LogP contribution is 2.22. The molecule has 0 fully saturated rings. The molecule has 684 valence electrons. The average molecular weight is 1790 g/mol. The van der Waals surface area contributed by atoms with Gasteiger partial charge in [-0.15, -0.1) is 0 Å². The van der Waals surface area contributed by atoms with E-state index in [2.05, 4.69) is 92.0 Å². The summed E-state index contributed by atoms with van der Waals surface area (Å²) in [5, 5.41) is 95.0. The van der Waals surface area contributed by atoms with E-state index < -0.39 is 260 Å². The molecule has 1 aromatic heterocycles. The summed E-state index contributed by atoms with van der Waals surface area (Å²) in [5.41, 5.74) is 12.6. The van der Waals surface area contributed by atoms with E-state index in [0.29, 0.717) is 22.0 Å². The second-order valence-electron chi connectivity index (χ2n) is 31.1. The van der Waals surface area contributed by atoms with Crippen molar-refractivity contribution in [1.29, 1.82) is 0 Å². The molecule has 16 atom stereocenters. The number of benzene rings is 2. The summed E-state index contributed by atoms with van der Waals surface area (Å²) >= 11 is 6.72. The first-order valence-electron chi connectivity index (χ1n) is 39.9. The zero-order chi connectivity index (χ0) is 92.8. The second-order valence-corrected chi connectivity index (χ2v) is 33.5. The molecule has 41 nitrogen and oxygen atoms in total. The van der Waals surface area contributed by atoms with Gasteiger partial charge in [-0.1, -0.05) is 85.7 Å². The number of aromatic amines is 1. The van der Waals surface area contributed by atoms with Crippen molar-refractivity contribution in [3.8, 4) is 5.75 Å². The van der Waals surface area contributed by atoms with E-state index in [1.807, 2.05) is 0 Å². The van der Waals surface area contributed by atoms with Gasteiger partial charge in [0.25, 0.3) is 0 Å². The lowest BCUT2D eigenvalue weighted by atomic mass is 9.99. The number of thiol groups is 1. The summed E-state index contributed by atoms with van der Waals surface area (Å²) in [5.74, 6) is -21.6. The largest absolute Gasteiger partial charge is 0.508 e. The van der Waals surface area contributed by atoms with Crippen LogP contribution in [0.5, 0.6) is 5.75 Å². The van der Waals surface area contributed by atoms with Gasteiger partial charge in [-0.2, -0.15) is 36.2 Å². The molecule has 0 aliphatic rings. The van der Waals surface area contributed by atoms with Gasteiger partial charge < -0.3 is 122 Å². The van der Waals surface area contributed by atoms with Crippen molar-refractivity contribution in [3.63, 3.8) is 0 Å². The van der Waals surface area contributed by atoms with Crippen molar-refractivity contribution < 1.29 is 117 Å². The lowest BCUT2D eigenvalue weighted by Crippen LogP contribution is -2.62. The van der Waals surface area contributed by atoms with Crippen molar-refractivity contribution in [1.82, 2.24) is 79.4 Å². The fraction of sp³-hybridized carbons (Fsp3) is 0.595. The number of H-pyrrole nitrogens is 1. The zero-order valence-electron chi connectivity index (χ0n) is 70.8. The van der Waals surface area contributed by atoms with Gasteiger partial charge in [-0.25, -0.2) is 4.79 Å². The van der Waals surface area contributed by atoms with E-state index in [1.54, 1.807) is 84.5 Å². The first-order valence-corrected chi connectivity index (χ1v) is 43.3. The summed E-state index contributed by atoms with van der Waals surface area (Å²) in [6.45, 7) is 14.3. The first kappa shape index (κ1) is 106. The molecule has 0 bridgehead atoms. The normalized spacial score (nSPS) is 15.3. The number of primary amides is 1. The Morgan fingerprint density at radius 2 is 0.821 bits per heavy atom. The van der Waals surface area contributed by atoms with Crippen LogP contribution in [0.3, 0.4) is 0 Å². The Labute approximate surface area is 726 Å². The molecule has 2 aromatic carbocycles. The summed E-state index contributed by atoms with van der Waals surface area (Å²) in [6, 6.07) is -11.1. The number of phenols is 1. The third-order valence-electron chi connectivity index (χ3n) is 19.2. The number of aliphatic hydroxyl groups excluding tert-OH is 2. The number of para-hydroxylation sites is 1. The van der Waals surface area contributed by atoms with Gasteiger partial charge in [0.2, 0.25) is 88.6 Å². The Morgan fingerprint density at radius 3 is 1.27 bits per heavy atom. The van der Waals surface area contributed by atoms with Crippen molar-refractivity contribution in [2.45, 2.75) is 237 Å². The minimum atomic E-state index is -1.81. The molecule has 0 saturated carbocycles. The molecule has 0 unspecified atom stereocenters. The highest BCUT2D eigenvalue weighted by molar-refractivity contribution is 7.98. The van der Waals surface area contributed by atoms with Crippen LogP contribution < -0.4 is 85.9 Å². The number of nitrogens with one attached hydrogen (secondary N) is 15. The van der Waals surface area contributed by atoms with Gasteiger partial charge in [-0.05, 0) is 129 Å². The standard InChI is InChI=1S/C79H121N17O24S3/c1-37(2)29-52(70(110)83-41(9)65(105)94-58(36-121)75(115)85-48(21-23-59(80)100)67(107)92-56(79(119)120)31-43-17-19-45(99)20-18-43)89-74(114)57(35-97)93-78(118)64(40(7)8)96-69(109)51(26-28-123-12)87-77(117)63(39(5)6)95-68(108)50(25-27-122-11)86-66(106)49(22-24-60(101)102)84-72(112)54(32-44-34-82-47-16-14-13-15-46(44)47)90-71(111)53(30-38(3)4)88-73(113)55(33-61(103)104)91-76(116)62(81)42(10)98/h13-20,34,37-42,48-58,62-64,82,97-99,121H,21-33,35-36,81H2,1-12H3,(H2,80,100)(H,83,110)(H,84,112)(H,85,115)(H,86,106)(H,87,117)(H,88,113)(H,89,114)(H,90,111)(H,91,116)(H,92,107)(H,93,118)(H,94,105)(H,95,108)(H,96,109)(H,101,102)(H,103,104)(H,119,120)/t41-,42+,48-,49-,50-,51-,52-,53-,54-,55-,56-,57-,58-,62-,63-,64-/m0/s1. The molecule has 3 aromatic rings. The number of aliphatic hydroxyl groups is 2. The fourth-order valence-corrected chi connectivity index (χ4v) is 13.4. The Balaban J connectivity index is 1.86. The maximum atomic E-state index is 14.8. The number of nitrogens with two attached hydrogens (primary N) is 2. The lowest BCUT2D eigenvalue weighted by molar-refractivity contribution is -0.142. The maximum absolute atomic E-state index is 14.8. The van der Waals surface area contributed by atoms with E-state index in [-0.39, 0.29) is 67.6 Å². The van der Waals surface area contributed by atoms with Crippen LogP contribution in [-0.2, 0) is 99.1 Å². The molecule has 0 aliphatic carbocycles. The molecule has 15 amide bonds. The van der Waals surface area contributed by atoms with Gasteiger partial charge in [0.1, 0.15) is 96.4 Å². The van der Waals surface area contributed by atoms with Crippen molar-refractivity contribution >= 4 is 154 Å². The number of rotatable bonds is 56. The minimum absolute atomic E-state index is 0.0606. The number of carboxylic acids is 3. The summed E-state index contributed by atoms with van der Waals surface area (Å²) in [6.07, 6.45) is -0.503. The lowest BCUT2D eigenvalue weighted by Gasteiger charge is -2.30. The molecule has 0 aliphatic heterocycles. The molecule has 0 spiro atoms. The number of hydrogen-bond acceptors (Lipinski definition) is 25. The Hall–Kier alpha value is -10.8. The van der Waals surface area contributed by atoms with Gasteiger partial charge in [0.15, 0.2) is 0 Å². The third kappa shape index (κ3) is 37.0. The Kier molecular flexibility index (Phi) is 46.1. The molecule has 0 radical (unpaired) electrons. The number of phenolic OH excluding ortho intramolecular Hbond substituents is 1. The van der Waals surface area contributed by atoms with Crippen LogP contribution in [0.25, 0.3) is 10.9 Å². The highest BCUT2D eigenvalue weighted by atomic mass is 32.2. The number of carbonyl (C=O) groups is 18. The first-order chi connectivity index (χ1) is 57.7. The zero-order valence-corrected chi connectivity index (χ0v) is 73.3. The van der Waals surface area contributed by atoms with Gasteiger partial charge in [-0.3, -0.25) is 81.5 Å². The van der Waals surface area contributed by atoms with Crippen LogP contribution in [-0.4, -0.2) is 275 Å². The smallest absolute Gasteiger partial charge is 0.326 e. The number of thioether (sulfide) groups is 2. The van der Waals surface area contributed by atoms with Crippen LogP contribution in [0.2, 0.25) is 0 Å². The molecule has 123 heavy (non-hydrogen) atoms. The van der Waals surface area contributed by atoms with Crippen LogP contribution in [0.1, 0.15) is 138 Å². The van der Waals surface area contributed by atoms with E-state index in [1.165, 1.54) is 75.5 Å². The Morgan fingerprint density at radius 1 is 0.431 bits per heavy atom. The number of amides is 15. The number of hydrogen-bond donors (Lipinski definition) is 24. The third-order valence-corrected chi connectivity index (χ3v) is 20.8. The number of carboxylic acid groups (broad SMARTS) is 3. The summed E-state index contributed by atoms with van der Waals surface area (Å²) < 4.78 is 0. The summed E-state index contributed by atoms with van der Waals surface area (Å²) in [7, 11) is 0. The molecule has 44 heteroatoms. The summed E-state index contributed by atoms with van der Waals surface area (Å²) in [4.78, 5) is 248. The number of aromatic nitrogens is 1. The predicted octanol–water partition coefficient (Wildman–Crippen LogP) is -3.30. The second kappa shape index (κ2) is 53.3. The van der Waals surface area contributed by atoms with Crippen molar-refractivity contribution in [2.24, 2.45) is 35.1 Å². The van der Waals surface area contributed by atoms with E-state index in [0.717, 1.165) is 0 Å². The highest BCUT2D eigenvalue weighted by Gasteiger charge is 2.40. The van der Waals surface area contributed by atoms with Crippen LogP contribution in [0.15, 0.2) is 54.7 Å². The van der Waals surface area contributed by atoms with Crippen molar-refractivity contribution in [2.75, 3.05) is 36.4 Å². The monoisotopic (exact) mass is 1790 g/mol. The van der Waals surface area contributed by atoms with Gasteiger partial charge in [0.05, 0.1) is 19.1 Å². The molecular formula is C79H121N17O24S3. The van der Waals surface area contributed by atoms with E-state index in [4.69, 9.17) is 11.5 Å². The average Bonchev–Trinajstić information content (AvgIpc) is 1.71. The molecule has 1 heterocycles. The van der Waals surface area contributed by atoms with Crippen LogP contribution in [0, 0.1) is 23.7 Å². The number of fused-ring (bicyclic) bond motifs is 1. The number of aromatic hydroxyl groups is 1. The van der Waals surface area contributed by atoms with E-state index >= 15 is 0 Å². The fourth-order valence-electron chi connectivity index (χ4n) is 12.2. The quantitative estimate of drug-likeness (QED) is 0.0246. The van der Waals surface area contributed by atoms with Gasteiger partial charge >= 0.3 is 17.9 Å². The Bertz CT molecular complexity index is 4140. The predicted molar refractivity (Wildman–Crippen MR) is 457 cm³/mol. The molecule has 0 saturated heterocycles. The molecule has 25 N–H and O–H groups in total. The van der Waals surface area contributed by atoms with Crippen LogP contribution in [0.4, 0.5) is 0 Å². The molecular weight excluding hydrogens is 1670 g/mol. The van der Waals surface area contributed by atoms with E-state index in [9.17, 15) is 117 Å². The topological polar surface area (TPSA) is 665 Å². The van der Waals surface area contributed by atoms with Crippen LogP contribution >= 0.6 is 36.2 Å². The van der Waals surface area contributed by atoms with Gasteiger partial charge in [0, 0.05) is 48.5 Å². The SMILES string of the molecule is CSCC[C@H](NC(=O)[C@H](CCC(=O)O)NC(=O)[C@H](Cc1c[nH]c2ccccc12)NC(=O)[C@H](CC(C)C)NC(=O)[C@H](CC(=O)O)NC(=O)[C@@H](N)[C@@H](C)O)C(=O)N[C@H](C(=O)N[C@@H](CCSC)C(=O)N[C@H](C(=O)N[C@@H](CO)C(=O)N[C@@H](CC(C)C)C(=O)N[C@@H](C)C(=O)N[C@@H](CS)C(=O)N[C@@H](CCC(N)=O)C(=O)N[C@@H](Cc1ccc(O)cc1)C(=O)O)C(C)C)C(C)C. The minimum Gasteiger partial charge on any atom is -0.508 e. The van der Waals surface area contributed by atoms with Crippen molar-refractivity contribution in [3.05, 3.63) is 65.9 Å². The molecule has 3 rings (SSSR count). The number of carbonyl (C=O) groups excluding carboxylic acids is 15. The number of aliphatic carboxylic acids is 3.